The maximum atomic E-state index is 13.2. The van der Waals surface area contributed by atoms with Crippen LogP contribution in [0.2, 0.25) is 0 Å². The van der Waals surface area contributed by atoms with Crippen molar-refractivity contribution >= 4 is 17.6 Å². The fourth-order valence-corrected chi connectivity index (χ4v) is 3.11. The van der Waals surface area contributed by atoms with E-state index in [4.69, 9.17) is 20.9 Å². The summed E-state index contributed by atoms with van der Waals surface area (Å²) in [5, 5.41) is 0. The Balaban J connectivity index is 2.03. The zero-order valence-corrected chi connectivity index (χ0v) is 16.3. The number of pyridine rings is 1. The Morgan fingerprint density at radius 2 is 2.07 bits per heavy atom. The van der Waals surface area contributed by atoms with Gasteiger partial charge in [-0.05, 0) is 30.9 Å². The molecule has 0 aromatic carbocycles. The van der Waals surface area contributed by atoms with Gasteiger partial charge in [-0.3, -0.25) is 0 Å². The third-order valence-corrected chi connectivity index (χ3v) is 4.74. The summed E-state index contributed by atoms with van der Waals surface area (Å²) in [4.78, 5) is 4.38. The van der Waals surface area contributed by atoms with Crippen LogP contribution in [0.5, 0.6) is 5.88 Å². The zero-order valence-electron chi connectivity index (χ0n) is 15.5. The first-order valence-corrected chi connectivity index (χ1v) is 9.85. The number of hydrogen-bond acceptors (Lipinski definition) is 7. The lowest BCUT2D eigenvalue weighted by Crippen LogP contribution is -2.27. The molecule has 1 fully saturated rings. The number of methoxy groups -OCH3 is 1. The van der Waals surface area contributed by atoms with E-state index < -0.39 is 5.92 Å². The van der Waals surface area contributed by atoms with Crippen molar-refractivity contribution in [2.45, 2.75) is 31.6 Å². The number of halogens is 2. The van der Waals surface area contributed by atoms with Crippen LogP contribution in [0, 0.1) is 5.92 Å². The van der Waals surface area contributed by atoms with E-state index in [0.29, 0.717) is 42.4 Å². The molecule has 1 aromatic rings. The van der Waals surface area contributed by atoms with Crippen LogP contribution in [-0.4, -0.2) is 30.9 Å². The van der Waals surface area contributed by atoms with Crippen LogP contribution in [0.4, 0.5) is 8.78 Å². The summed E-state index contributed by atoms with van der Waals surface area (Å²) in [5.41, 5.74) is 13.3. The van der Waals surface area contributed by atoms with E-state index in [2.05, 4.69) is 9.71 Å². The SMILES string of the molecule is CO/C(N)=C(/C=C(\N)c1cccc(OCC2CCC(F)(F)CC2)n1)NSC. The van der Waals surface area contributed by atoms with Gasteiger partial charge in [0.05, 0.1) is 25.1 Å². The molecule has 0 aliphatic heterocycles. The number of nitrogens with zero attached hydrogens (tertiary/aromatic N) is 1. The molecule has 27 heavy (non-hydrogen) atoms. The molecule has 0 amide bonds. The summed E-state index contributed by atoms with van der Waals surface area (Å²) in [6, 6.07) is 5.24. The normalized spacial score (nSPS) is 18.6. The molecule has 1 aliphatic rings. The maximum Gasteiger partial charge on any atom is 0.248 e. The second kappa shape index (κ2) is 9.68. The van der Waals surface area contributed by atoms with E-state index in [1.54, 1.807) is 24.3 Å². The molecule has 0 atom stereocenters. The second-order valence-corrected chi connectivity index (χ2v) is 6.97. The molecule has 0 radical (unpaired) electrons. The number of nitrogens with one attached hydrogen (secondary N) is 1. The third kappa shape index (κ3) is 6.50. The largest absolute Gasteiger partial charge is 0.481 e. The van der Waals surface area contributed by atoms with E-state index >= 15 is 0 Å². The van der Waals surface area contributed by atoms with E-state index in [-0.39, 0.29) is 24.6 Å². The summed E-state index contributed by atoms with van der Waals surface area (Å²) < 4.78 is 40.2. The molecule has 0 bridgehead atoms. The van der Waals surface area contributed by atoms with E-state index in [0.717, 1.165) is 0 Å². The maximum absolute atomic E-state index is 13.2. The highest BCUT2D eigenvalue weighted by atomic mass is 32.2. The van der Waals surface area contributed by atoms with Crippen molar-refractivity contribution in [3.8, 4) is 5.88 Å². The van der Waals surface area contributed by atoms with Gasteiger partial charge in [0.15, 0.2) is 0 Å². The predicted molar refractivity (Wildman–Crippen MR) is 104 cm³/mol. The van der Waals surface area contributed by atoms with Crippen LogP contribution in [0.25, 0.3) is 5.70 Å². The zero-order chi connectivity index (χ0) is 19.9. The van der Waals surface area contributed by atoms with Gasteiger partial charge in [-0.25, -0.2) is 13.8 Å². The van der Waals surface area contributed by atoms with Crippen LogP contribution in [0.3, 0.4) is 0 Å². The lowest BCUT2D eigenvalue weighted by atomic mass is 9.87. The Labute approximate surface area is 162 Å². The quantitative estimate of drug-likeness (QED) is 0.350. The fraction of sp³-hybridized carbons (Fsp3) is 0.500. The van der Waals surface area contributed by atoms with Gasteiger partial charge >= 0.3 is 0 Å². The smallest absolute Gasteiger partial charge is 0.248 e. The molecule has 0 spiro atoms. The average Bonchev–Trinajstić information content (AvgIpc) is 2.66. The van der Waals surface area contributed by atoms with E-state index in [1.807, 2.05) is 6.26 Å². The molecule has 0 saturated heterocycles. The summed E-state index contributed by atoms with van der Waals surface area (Å²) >= 11 is 1.35. The number of nitrogens with two attached hydrogens (primary N) is 2. The van der Waals surface area contributed by atoms with Gasteiger partial charge in [-0.1, -0.05) is 18.0 Å². The van der Waals surface area contributed by atoms with E-state index in [9.17, 15) is 8.78 Å². The Morgan fingerprint density at radius 3 is 2.70 bits per heavy atom. The molecule has 1 heterocycles. The standard InChI is InChI=1S/C18H26F2N4O2S/c1-25-17(22)15(24-27-2)10-13(21)14-4-3-5-16(23-14)26-11-12-6-8-18(19,20)9-7-12/h3-5,10,12,24H,6-9,11,21-22H2,1-2H3/b13-10-,17-15-. The fourth-order valence-electron chi connectivity index (χ4n) is 2.73. The lowest BCUT2D eigenvalue weighted by Gasteiger charge is -2.27. The molecular weight excluding hydrogens is 374 g/mol. The Hall–Kier alpha value is -2.16. The lowest BCUT2D eigenvalue weighted by molar-refractivity contribution is -0.0500. The number of hydrogen-bond donors (Lipinski definition) is 3. The third-order valence-electron chi connectivity index (χ3n) is 4.32. The van der Waals surface area contributed by atoms with Crippen molar-refractivity contribution in [3.63, 3.8) is 0 Å². The Bertz CT molecular complexity index is 688. The predicted octanol–water partition coefficient (Wildman–Crippen LogP) is 3.23. The van der Waals surface area contributed by atoms with Crippen LogP contribution < -0.4 is 20.9 Å². The van der Waals surface area contributed by atoms with Gasteiger partial charge in [-0.15, -0.1) is 0 Å². The minimum absolute atomic E-state index is 0.0807. The summed E-state index contributed by atoms with van der Waals surface area (Å²) in [6.45, 7) is 0.367. The number of alkyl halides is 2. The van der Waals surface area contributed by atoms with Crippen molar-refractivity contribution in [1.82, 2.24) is 9.71 Å². The molecule has 2 rings (SSSR count). The van der Waals surface area contributed by atoms with Crippen molar-refractivity contribution < 1.29 is 18.3 Å². The van der Waals surface area contributed by atoms with Crippen LogP contribution in [-0.2, 0) is 4.74 Å². The van der Waals surface area contributed by atoms with Crippen molar-refractivity contribution in [2.24, 2.45) is 17.4 Å². The molecule has 1 aromatic heterocycles. The highest BCUT2D eigenvalue weighted by molar-refractivity contribution is 7.96. The number of allylic oxidation sites excluding steroid dienone is 1. The summed E-state index contributed by atoms with van der Waals surface area (Å²) in [6.07, 6.45) is 4.23. The minimum Gasteiger partial charge on any atom is -0.481 e. The molecule has 1 aliphatic carbocycles. The topological polar surface area (TPSA) is 95.4 Å². The van der Waals surface area contributed by atoms with Crippen LogP contribution in [0.15, 0.2) is 35.9 Å². The molecule has 150 valence electrons. The summed E-state index contributed by atoms with van der Waals surface area (Å²) in [7, 11) is 1.47. The molecule has 0 unspecified atom stereocenters. The molecule has 9 heteroatoms. The van der Waals surface area contributed by atoms with Crippen molar-refractivity contribution in [3.05, 3.63) is 41.5 Å². The molecule has 5 N–H and O–H groups in total. The first kappa shape index (κ1) is 21.1. The Morgan fingerprint density at radius 1 is 1.37 bits per heavy atom. The molecular formula is C18H26F2N4O2S. The summed E-state index contributed by atoms with van der Waals surface area (Å²) in [5.74, 6) is -1.81. The molecule has 6 nitrogen and oxygen atoms in total. The Kier molecular flexibility index (Phi) is 7.58. The highest BCUT2D eigenvalue weighted by Crippen LogP contribution is 2.36. The molecule has 1 saturated carbocycles. The number of ether oxygens (including phenoxy) is 2. The van der Waals surface area contributed by atoms with Gasteiger partial charge in [-0.2, -0.15) is 0 Å². The average molecular weight is 400 g/mol. The van der Waals surface area contributed by atoms with Gasteiger partial charge in [0.1, 0.15) is 5.70 Å². The van der Waals surface area contributed by atoms with Crippen molar-refractivity contribution in [1.29, 1.82) is 0 Å². The van der Waals surface area contributed by atoms with Crippen LogP contribution >= 0.6 is 11.9 Å². The van der Waals surface area contributed by atoms with E-state index in [1.165, 1.54) is 19.1 Å². The number of rotatable bonds is 8. The number of aromatic nitrogens is 1. The van der Waals surface area contributed by atoms with Crippen molar-refractivity contribution in [2.75, 3.05) is 20.0 Å². The highest BCUT2D eigenvalue weighted by Gasteiger charge is 2.35. The van der Waals surface area contributed by atoms with Gasteiger partial charge in [0, 0.05) is 25.2 Å². The van der Waals surface area contributed by atoms with Gasteiger partial charge in [0.25, 0.3) is 0 Å². The monoisotopic (exact) mass is 400 g/mol. The first-order valence-electron chi connectivity index (χ1n) is 8.62. The van der Waals surface area contributed by atoms with Crippen LogP contribution in [0.1, 0.15) is 31.4 Å². The van der Waals surface area contributed by atoms with Gasteiger partial charge < -0.3 is 25.7 Å². The minimum atomic E-state index is -2.53. The second-order valence-electron chi connectivity index (χ2n) is 6.36. The first-order chi connectivity index (χ1) is 12.8. The van der Waals surface area contributed by atoms with Gasteiger partial charge in [0.2, 0.25) is 17.7 Å².